The molecule has 1 rings (SSSR count). The van der Waals surface area contributed by atoms with E-state index < -0.39 is 0 Å². The number of nitrogens with one attached hydrogen (secondary N) is 1. The summed E-state index contributed by atoms with van der Waals surface area (Å²) in [5.41, 5.74) is 2.15. The first-order valence-corrected chi connectivity index (χ1v) is 5.17. The van der Waals surface area contributed by atoms with Crippen LogP contribution >= 0.6 is 23.2 Å². The summed E-state index contributed by atoms with van der Waals surface area (Å²) < 4.78 is 0. The molecule has 0 saturated carbocycles. The molecular weight excluding hydrogens is 217 g/mol. The maximum atomic E-state index is 5.97. The molecule has 0 spiro atoms. The topological polar surface area (TPSA) is 12.0 Å². The molecule has 1 aromatic carbocycles. The van der Waals surface area contributed by atoms with Gasteiger partial charge in [0.05, 0.1) is 10.7 Å². The van der Waals surface area contributed by atoms with Crippen LogP contribution in [0.4, 0.5) is 5.69 Å². The van der Waals surface area contributed by atoms with Gasteiger partial charge in [-0.2, -0.15) is 0 Å². The Hall–Kier alpha value is -0.660. The molecule has 0 saturated heterocycles. The number of halogens is 2. The highest BCUT2D eigenvalue weighted by atomic mass is 35.5. The van der Waals surface area contributed by atoms with Gasteiger partial charge in [-0.25, -0.2) is 0 Å². The zero-order valence-electron chi connectivity index (χ0n) is 8.27. The third kappa shape index (κ3) is 3.60. The fourth-order valence-corrected chi connectivity index (χ4v) is 1.35. The van der Waals surface area contributed by atoms with E-state index in [1.807, 2.05) is 6.07 Å². The third-order valence-electron chi connectivity index (χ3n) is 1.73. The van der Waals surface area contributed by atoms with Crippen LogP contribution in [0.15, 0.2) is 29.8 Å². The highest BCUT2D eigenvalue weighted by Gasteiger charge is 1.98. The number of hydrogen-bond acceptors (Lipinski definition) is 1. The molecule has 1 nitrogen and oxygen atoms in total. The van der Waals surface area contributed by atoms with E-state index in [4.69, 9.17) is 23.2 Å². The van der Waals surface area contributed by atoms with Crippen molar-refractivity contribution in [1.82, 2.24) is 0 Å². The second-order valence-corrected chi connectivity index (χ2v) is 4.13. The first kappa shape index (κ1) is 11.4. The van der Waals surface area contributed by atoms with Crippen molar-refractivity contribution in [2.75, 3.05) is 11.9 Å². The number of benzene rings is 1. The van der Waals surface area contributed by atoms with E-state index in [1.165, 1.54) is 5.57 Å². The average Bonchev–Trinajstić information content (AvgIpc) is 2.10. The number of allylic oxidation sites excluding steroid dienone is 1. The SMILES string of the molecule is CC(C)=CCNc1cc(Cl)ccc1Cl. The smallest absolute Gasteiger partial charge is 0.0638 e. The van der Waals surface area contributed by atoms with Crippen molar-refractivity contribution < 1.29 is 0 Å². The molecule has 3 heteroatoms. The van der Waals surface area contributed by atoms with E-state index in [0.29, 0.717) is 10.0 Å². The van der Waals surface area contributed by atoms with Gasteiger partial charge in [0.1, 0.15) is 0 Å². The molecule has 0 radical (unpaired) electrons. The molecule has 0 aliphatic heterocycles. The summed E-state index contributed by atoms with van der Waals surface area (Å²) >= 11 is 11.8. The van der Waals surface area contributed by atoms with Gasteiger partial charge < -0.3 is 5.32 Å². The van der Waals surface area contributed by atoms with Gasteiger partial charge in [0.2, 0.25) is 0 Å². The fraction of sp³-hybridized carbons (Fsp3) is 0.273. The highest BCUT2D eigenvalue weighted by molar-refractivity contribution is 6.35. The van der Waals surface area contributed by atoms with Crippen molar-refractivity contribution in [3.8, 4) is 0 Å². The minimum absolute atomic E-state index is 0.689. The monoisotopic (exact) mass is 229 g/mol. The van der Waals surface area contributed by atoms with Crippen molar-refractivity contribution in [2.45, 2.75) is 13.8 Å². The van der Waals surface area contributed by atoms with E-state index >= 15 is 0 Å². The molecule has 0 aliphatic rings. The molecule has 0 aliphatic carbocycles. The first-order chi connectivity index (χ1) is 6.59. The Kier molecular flexibility index (Phi) is 4.30. The Labute approximate surface area is 94.7 Å². The molecular formula is C11H13Cl2N. The van der Waals surface area contributed by atoms with Crippen LogP contribution in [0, 0.1) is 0 Å². The Morgan fingerprint density at radius 3 is 2.71 bits per heavy atom. The summed E-state index contributed by atoms with van der Waals surface area (Å²) in [6.07, 6.45) is 2.09. The summed E-state index contributed by atoms with van der Waals surface area (Å²) in [6.45, 7) is 4.88. The Morgan fingerprint density at radius 2 is 2.07 bits per heavy atom. The van der Waals surface area contributed by atoms with Crippen LogP contribution in [0.1, 0.15) is 13.8 Å². The second-order valence-electron chi connectivity index (χ2n) is 3.29. The Balaban J connectivity index is 2.67. The molecule has 0 unspecified atom stereocenters. The van der Waals surface area contributed by atoms with E-state index in [-0.39, 0.29) is 0 Å². The molecule has 14 heavy (non-hydrogen) atoms. The molecule has 0 heterocycles. The van der Waals surface area contributed by atoms with Gasteiger partial charge in [-0.15, -0.1) is 0 Å². The van der Waals surface area contributed by atoms with Crippen molar-refractivity contribution in [3.05, 3.63) is 39.9 Å². The van der Waals surface area contributed by atoms with Gasteiger partial charge >= 0.3 is 0 Å². The molecule has 76 valence electrons. The second kappa shape index (κ2) is 5.28. The first-order valence-electron chi connectivity index (χ1n) is 4.42. The van der Waals surface area contributed by atoms with Crippen LogP contribution in [-0.4, -0.2) is 6.54 Å². The van der Waals surface area contributed by atoms with Crippen LogP contribution in [0.25, 0.3) is 0 Å². The van der Waals surface area contributed by atoms with Crippen molar-refractivity contribution >= 4 is 28.9 Å². The van der Waals surface area contributed by atoms with Gasteiger partial charge in [-0.1, -0.05) is 34.9 Å². The van der Waals surface area contributed by atoms with E-state index in [1.54, 1.807) is 12.1 Å². The normalized spacial score (nSPS) is 9.71. The van der Waals surface area contributed by atoms with Crippen molar-refractivity contribution in [3.63, 3.8) is 0 Å². The Bertz CT molecular complexity index is 341. The zero-order valence-corrected chi connectivity index (χ0v) is 9.78. The van der Waals surface area contributed by atoms with Crippen LogP contribution in [0.3, 0.4) is 0 Å². The minimum atomic E-state index is 0.689. The fourth-order valence-electron chi connectivity index (χ4n) is 0.998. The van der Waals surface area contributed by atoms with E-state index in [0.717, 1.165) is 12.2 Å². The predicted molar refractivity (Wildman–Crippen MR) is 64.4 cm³/mol. The Morgan fingerprint density at radius 1 is 1.36 bits per heavy atom. The molecule has 1 N–H and O–H groups in total. The number of rotatable bonds is 3. The standard InChI is InChI=1S/C11H13Cl2N/c1-8(2)5-6-14-11-7-9(12)3-4-10(11)13/h3-5,7,14H,6H2,1-2H3. The molecule has 0 aromatic heterocycles. The average molecular weight is 230 g/mol. The lowest BCUT2D eigenvalue weighted by molar-refractivity contribution is 1.26. The molecule has 1 aromatic rings. The van der Waals surface area contributed by atoms with Crippen molar-refractivity contribution in [2.24, 2.45) is 0 Å². The minimum Gasteiger partial charge on any atom is -0.380 e. The lowest BCUT2D eigenvalue weighted by Crippen LogP contribution is -1.99. The van der Waals surface area contributed by atoms with Gasteiger partial charge in [-0.05, 0) is 32.0 Å². The summed E-state index contributed by atoms with van der Waals surface area (Å²) in [5, 5.41) is 4.57. The molecule has 0 amide bonds. The van der Waals surface area contributed by atoms with E-state index in [2.05, 4.69) is 25.2 Å². The van der Waals surface area contributed by atoms with Gasteiger partial charge in [0.25, 0.3) is 0 Å². The van der Waals surface area contributed by atoms with Crippen LogP contribution in [-0.2, 0) is 0 Å². The summed E-state index contributed by atoms with van der Waals surface area (Å²) in [6, 6.07) is 5.38. The lowest BCUT2D eigenvalue weighted by Gasteiger charge is -2.06. The van der Waals surface area contributed by atoms with Gasteiger partial charge in [0, 0.05) is 11.6 Å². The third-order valence-corrected chi connectivity index (χ3v) is 2.30. The zero-order chi connectivity index (χ0) is 10.6. The maximum absolute atomic E-state index is 5.97. The highest BCUT2D eigenvalue weighted by Crippen LogP contribution is 2.25. The van der Waals surface area contributed by atoms with Crippen LogP contribution in [0.5, 0.6) is 0 Å². The largest absolute Gasteiger partial charge is 0.380 e. The summed E-state index contributed by atoms with van der Waals surface area (Å²) in [4.78, 5) is 0. The van der Waals surface area contributed by atoms with Crippen molar-refractivity contribution in [1.29, 1.82) is 0 Å². The van der Waals surface area contributed by atoms with Crippen LogP contribution in [0.2, 0.25) is 10.0 Å². The summed E-state index contributed by atoms with van der Waals surface area (Å²) in [7, 11) is 0. The van der Waals surface area contributed by atoms with E-state index in [9.17, 15) is 0 Å². The number of anilines is 1. The van der Waals surface area contributed by atoms with Crippen LogP contribution < -0.4 is 5.32 Å². The number of hydrogen-bond donors (Lipinski definition) is 1. The van der Waals surface area contributed by atoms with Gasteiger partial charge in [-0.3, -0.25) is 0 Å². The molecule has 0 atom stereocenters. The quantitative estimate of drug-likeness (QED) is 0.760. The summed E-state index contributed by atoms with van der Waals surface area (Å²) in [5.74, 6) is 0. The molecule has 0 fully saturated rings. The maximum Gasteiger partial charge on any atom is 0.0638 e. The lowest BCUT2D eigenvalue weighted by atomic mass is 10.3. The van der Waals surface area contributed by atoms with Gasteiger partial charge in [0.15, 0.2) is 0 Å². The predicted octanol–water partition coefficient (Wildman–Crippen LogP) is 4.37. The molecule has 0 bridgehead atoms.